The molecule has 2 bridgehead atoms. The molecule has 7 heterocycles. The van der Waals surface area contributed by atoms with Crippen molar-refractivity contribution < 1.29 is 28.7 Å². The lowest BCUT2D eigenvalue weighted by Crippen LogP contribution is -2.77. The zero-order valence-electron chi connectivity index (χ0n) is 34.1. The lowest BCUT2D eigenvalue weighted by atomic mass is 9.48. The highest BCUT2D eigenvalue weighted by Crippen LogP contribution is 2.58. The Balaban J connectivity index is 0.835. The van der Waals surface area contributed by atoms with Crippen LogP contribution >= 0.6 is 11.6 Å². The third-order valence-electron chi connectivity index (χ3n) is 14.0. The van der Waals surface area contributed by atoms with Gasteiger partial charge in [0.15, 0.2) is 11.5 Å². The number of nitriles is 1. The van der Waals surface area contributed by atoms with Crippen LogP contribution in [0.3, 0.4) is 0 Å². The van der Waals surface area contributed by atoms with Crippen molar-refractivity contribution in [1.29, 1.82) is 5.26 Å². The number of fused-ring (bicyclic) bond motifs is 3. The minimum Gasteiger partial charge on any atom is -0.489 e. The van der Waals surface area contributed by atoms with Crippen molar-refractivity contribution in [3.05, 3.63) is 75.9 Å². The van der Waals surface area contributed by atoms with Gasteiger partial charge in [-0.05, 0) is 74.1 Å². The minimum atomic E-state index is -1.11. The molecule has 5 amide bonds. The number of halogens is 1. The fourth-order valence-electron chi connectivity index (χ4n) is 11.4. The molecule has 1 saturated carbocycles. The Labute approximate surface area is 353 Å². The maximum Gasteiger partial charge on any atom is 0.269 e. The molecule has 312 valence electrons. The number of carbonyl (C=O) groups excluding carboxylic acids is 5. The molecular formula is C44H48ClN9O6. The molecule has 5 saturated heterocycles. The summed E-state index contributed by atoms with van der Waals surface area (Å²) >= 11 is 6.28. The first-order valence-corrected chi connectivity index (χ1v) is 21.1. The number of ether oxygens (including phenoxy) is 1. The molecular weight excluding hydrogens is 786 g/mol. The fourth-order valence-corrected chi connectivity index (χ4v) is 11.6. The topological polar surface area (TPSA) is 186 Å². The molecule has 0 unspecified atom stereocenters. The number of piperidine rings is 3. The Kier molecular flexibility index (Phi) is 9.66. The van der Waals surface area contributed by atoms with Gasteiger partial charge in [0.25, 0.3) is 23.6 Å². The number of primary amides is 1. The SMILES string of the molecule is CC1(C)C(Oc2ccc(C#N)c(Cl)c2)C(C)(C)C1N1C(=O)CC[C@@H](N2C(=O)c3ccc(N4C[C@H]5C[C@H](C4)N5CC4CCN(c5ccc(C(N)=O)nn5)CC4)cc3C2=O)C1=O. The molecule has 2 aromatic carbocycles. The number of imide groups is 2. The number of hydrogen-bond donors (Lipinski definition) is 1. The van der Waals surface area contributed by atoms with E-state index in [1.807, 2.05) is 39.8 Å². The molecule has 10 rings (SSSR count). The van der Waals surface area contributed by atoms with Crippen LogP contribution in [-0.2, 0) is 9.59 Å². The van der Waals surface area contributed by atoms with E-state index in [0.717, 1.165) is 68.4 Å². The van der Waals surface area contributed by atoms with Gasteiger partial charge in [0.2, 0.25) is 5.91 Å². The molecule has 1 aromatic heterocycles. The van der Waals surface area contributed by atoms with E-state index in [4.69, 9.17) is 22.1 Å². The van der Waals surface area contributed by atoms with Gasteiger partial charge in [0.05, 0.1) is 27.8 Å². The molecule has 3 atom stereocenters. The number of rotatable bonds is 9. The van der Waals surface area contributed by atoms with Gasteiger partial charge in [-0.1, -0.05) is 39.3 Å². The van der Waals surface area contributed by atoms with Crippen LogP contribution in [0.1, 0.15) is 96.6 Å². The van der Waals surface area contributed by atoms with E-state index in [-0.39, 0.29) is 40.6 Å². The molecule has 1 aliphatic carbocycles. The number of hydrogen-bond acceptors (Lipinski definition) is 12. The number of amides is 5. The number of nitrogens with zero attached hydrogens (tertiary/aromatic N) is 8. The van der Waals surface area contributed by atoms with Crippen molar-refractivity contribution in [1.82, 2.24) is 24.9 Å². The molecule has 6 fully saturated rings. The molecule has 6 aliphatic heterocycles. The first-order chi connectivity index (χ1) is 28.6. The van der Waals surface area contributed by atoms with Crippen molar-refractivity contribution >= 4 is 52.6 Å². The van der Waals surface area contributed by atoms with E-state index in [1.54, 1.807) is 42.5 Å². The molecule has 60 heavy (non-hydrogen) atoms. The predicted molar refractivity (Wildman–Crippen MR) is 220 cm³/mol. The largest absolute Gasteiger partial charge is 0.489 e. The maximum absolute atomic E-state index is 14.4. The van der Waals surface area contributed by atoms with E-state index < -0.39 is 52.6 Å². The summed E-state index contributed by atoms with van der Waals surface area (Å²) in [6.07, 6.45) is 2.84. The van der Waals surface area contributed by atoms with Gasteiger partial charge in [-0.25, -0.2) is 0 Å². The molecule has 16 heteroatoms. The lowest BCUT2D eigenvalue weighted by molar-refractivity contribution is -0.216. The van der Waals surface area contributed by atoms with Crippen LogP contribution in [0.15, 0.2) is 48.5 Å². The molecule has 0 radical (unpaired) electrons. The van der Waals surface area contributed by atoms with Gasteiger partial charge in [0, 0.05) is 73.8 Å². The monoisotopic (exact) mass is 833 g/mol. The Morgan fingerprint density at radius 1 is 0.883 bits per heavy atom. The molecule has 3 aromatic rings. The number of likely N-dealkylation sites (tertiary alicyclic amines) is 1. The van der Waals surface area contributed by atoms with Gasteiger partial charge in [-0.2, -0.15) is 5.26 Å². The van der Waals surface area contributed by atoms with Crippen LogP contribution in [0.5, 0.6) is 5.75 Å². The van der Waals surface area contributed by atoms with Crippen LogP contribution in [0.2, 0.25) is 5.02 Å². The fraction of sp³-hybridized carbons (Fsp3) is 0.500. The Bertz CT molecular complexity index is 2330. The average Bonchev–Trinajstić information content (AvgIpc) is 3.48. The summed E-state index contributed by atoms with van der Waals surface area (Å²) in [5.41, 5.74) is 5.82. The Morgan fingerprint density at radius 3 is 2.22 bits per heavy atom. The van der Waals surface area contributed by atoms with Gasteiger partial charge >= 0.3 is 0 Å². The first-order valence-electron chi connectivity index (χ1n) is 20.7. The summed E-state index contributed by atoms with van der Waals surface area (Å²) in [5, 5.41) is 17.7. The van der Waals surface area contributed by atoms with Crippen molar-refractivity contribution in [2.75, 3.05) is 42.5 Å². The van der Waals surface area contributed by atoms with Crippen LogP contribution in [0, 0.1) is 28.1 Å². The van der Waals surface area contributed by atoms with Gasteiger partial charge in [-0.3, -0.25) is 38.7 Å². The van der Waals surface area contributed by atoms with E-state index in [2.05, 4.69) is 24.9 Å². The summed E-state index contributed by atoms with van der Waals surface area (Å²) in [7, 11) is 0. The maximum atomic E-state index is 14.4. The molecule has 0 spiro atoms. The zero-order chi connectivity index (χ0) is 42.4. The van der Waals surface area contributed by atoms with Gasteiger partial charge in [-0.15, -0.1) is 10.2 Å². The minimum absolute atomic E-state index is 0.0154. The number of anilines is 2. The third-order valence-corrected chi connectivity index (χ3v) is 14.3. The van der Waals surface area contributed by atoms with Gasteiger partial charge < -0.3 is 20.3 Å². The van der Waals surface area contributed by atoms with Crippen LogP contribution in [-0.4, -0.2) is 117 Å². The highest BCUT2D eigenvalue weighted by atomic mass is 35.5. The number of nitrogens with two attached hydrogens (primary N) is 1. The molecule has 2 N–H and O–H groups in total. The van der Waals surface area contributed by atoms with Crippen molar-refractivity contribution in [2.24, 2.45) is 22.5 Å². The first kappa shape index (κ1) is 39.8. The smallest absolute Gasteiger partial charge is 0.269 e. The van der Waals surface area contributed by atoms with Crippen LogP contribution < -0.4 is 20.3 Å². The molecule has 7 aliphatic rings. The Morgan fingerprint density at radius 2 is 1.58 bits per heavy atom. The highest BCUT2D eigenvalue weighted by Gasteiger charge is 2.68. The third kappa shape index (κ3) is 6.37. The van der Waals surface area contributed by atoms with Crippen molar-refractivity contribution in [3.8, 4) is 11.8 Å². The lowest BCUT2D eigenvalue weighted by Gasteiger charge is -2.65. The standard InChI is InChI=1S/C44H48ClN9O6/c1-43(2)41(44(3,4)42(43)60-29-7-5-25(20-46)32(45)19-29)54-36(55)12-10-34(40(54)59)53-38(57)30-8-6-26(18-31(30)39(53)58)51-22-27-17-28(23-51)52(27)21-24-13-15-50(16-14-24)35-11-9-33(37(47)56)48-49-35/h5-9,11,18-19,24,27-28,34,41-42H,10,12-17,21-23H2,1-4H3,(H2,47,56)/t27-,28-,34-,41?,42?/m1/s1. The second kappa shape index (κ2) is 14.6. The van der Waals surface area contributed by atoms with Gasteiger partial charge in [0.1, 0.15) is 24.0 Å². The Hall–Kier alpha value is -5.59. The number of benzene rings is 2. The second-order valence-electron chi connectivity index (χ2n) is 18.4. The van der Waals surface area contributed by atoms with E-state index in [1.165, 1.54) is 4.90 Å². The summed E-state index contributed by atoms with van der Waals surface area (Å²) < 4.78 is 6.41. The van der Waals surface area contributed by atoms with E-state index in [9.17, 15) is 29.2 Å². The summed E-state index contributed by atoms with van der Waals surface area (Å²) in [6, 6.07) is 14.8. The number of aromatic nitrogens is 2. The molecule has 15 nitrogen and oxygen atoms in total. The quantitative estimate of drug-likeness (QED) is 0.302. The average molecular weight is 834 g/mol. The highest BCUT2D eigenvalue weighted by molar-refractivity contribution is 6.31. The normalized spacial score (nSPS) is 27.3. The summed E-state index contributed by atoms with van der Waals surface area (Å²) in [6.45, 7) is 12.1. The van der Waals surface area contributed by atoms with Crippen LogP contribution in [0.4, 0.5) is 11.5 Å². The number of carbonyl (C=O) groups is 5. The zero-order valence-corrected chi connectivity index (χ0v) is 34.9. The summed E-state index contributed by atoms with van der Waals surface area (Å²) in [5.74, 6) is -0.734. The summed E-state index contributed by atoms with van der Waals surface area (Å²) in [4.78, 5) is 77.0. The van der Waals surface area contributed by atoms with Crippen molar-refractivity contribution in [3.63, 3.8) is 0 Å². The van der Waals surface area contributed by atoms with Crippen molar-refractivity contribution in [2.45, 2.75) is 90.1 Å². The van der Waals surface area contributed by atoms with Crippen LogP contribution in [0.25, 0.3) is 0 Å². The van der Waals surface area contributed by atoms with E-state index >= 15 is 0 Å². The predicted octanol–water partition coefficient (Wildman–Crippen LogP) is 4.28. The number of piperazine rings is 1. The second-order valence-corrected chi connectivity index (χ2v) is 18.8. The van der Waals surface area contributed by atoms with E-state index in [0.29, 0.717) is 29.3 Å².